The lowest BCUT2D eigenvalue weighted by Crippen LogP contribution is -2.26. The van der Waals surface area contributed by atoms with Gasteiger partial charge in [0.15, 0.2) is 0 Å². The van der Waals surface area contributed by atoms with Gasteiger partial charge in [0.05, 0.1) is 6.61 Å². The molecule has 0 saturated heterocycles. The highest BCUT2D eigenvalue weighted by atomic mass is 16.5. The van der Waals surface area contributed by atoms with Crippen molar-refractivity contribution < 1.29 is 4.74 Å². The van der Waals surface area contributed by atoms with Gasteiger partial charge in [-0.2, -0.15) is 0 Å². The van der Waals surface area contributed by atoms with E-state index in [1.54, 1.807) is 0 Å². The first-order chi connectivity index (χ1) is 9.36. The van der Waals surface area contributed by atoms with Crippen LogP contribution in [0.25, 0.3) is 0 Å². The normalized spacial score (nSPS) is 19.6. The molecule has 0 radical (unpaired) electrons. The summed E-state index contributed by atoms with van der Waals surface area (Å²) >= 11 is 0. The third-order valence-electron chi connectivity index (χ3n) is 4.55. The van der Waals surface area contributed by atoms with Crippen LogP contribution in [0.15, 0.2) is 18.2 Å². The molecule has 1 N–H and O–H groups in total. The molecule has 19 heavy (non-hydrogen) atoms. The van der Waals surface area contributed by atoms with E-state index in [9.17, 15) is 0 Å². The topological polar surface area (TPSA) is 21.3 Å². The van der Waals surface area contributed by atoms with Crippen molar-refractivity contribution in [2.45, 2.75) is 51.5 Å². The van der Waals surface area contributed by atoms with E-state index in [4.69, 9.17) is 4.74 Å². The van der Waals surface area contributed by atoms with Crippen molar-refractivity contribution in [3.63, 3.8) is 0 Å². The Morgan fingerprint density at radius 2 is 2.26 bits per heavy atom. The molecule has 0 amide bonds. The van der Waals surface area contributed by atoms with Gasteiger partial charge in [0, 0.05) is 12.5 Å². The van der Waals surface area contributed by atoms with Crippen molar-refractivity contribution in [1.29, 1.82) is 0 Å². The minimum Gasteiger partial charge on any atom is -0.493 e. The Balaban J connectivity index is 1.73. The molecular weight excluding hydrogens is 234 g/mol. The first-order valence-electron chi connectivity index (χ1n) is 7.86. The molecule has 0 aromatic heterocycles. The Morgan fingerprint density at radius 1 is 1.37 bits per heavy atom. The minimum absolute atomic E-state index is 0.538. The summed E-state index contributed by atoms with van der Waals surface area (Å²) in [5, 5.41) is 3.74. The first-order valence-corrected chi connectivity index (χ1v) is 7.86. The van der Waals surface area contributed by atoms with Crippen LogP contribution >= 0.6 is 0 Å². The second-order valence-corrected chi connectivity index (χ2v) is 6.00. The van der Waals surface area contributed by atoms with Gasteiger partial charge in [-0.3, -0.25) is 0 Å². The summed E-state index contributed by atoms with van der Waals surface area (Å²) in [7, 11) is 0. The average Bonchev–Trinajstić information content (AvgIpc) is 2.84. The van der Waals surface area contributed by atoms with Crippen molar-refractivity contribution in [2.75, 3.05) is 13.2 Å². The molecule has 2 nitrogen and oxygen atoms in total. The van der Waals surface area contributed by atoms with E-state index in [1.165, 1.54) is 43.2 Å². The van der Waals surface area contributed by atoms with Crippen molar-refractivity contribution in [2.24, 2.45) is 5.92 Å². The summed E-state index contributed by atoms with van der Waals surface area (Å²) in [5.74, 6) is 2.04. The van der Waals surface area contributed by atoms with Gasteiger partial charge in [-0.1, -0.05) is 38.3 Å². The number of benzene rings is 1. The smallest absolute Gasteiger partial charge is 0.122 e. The summed E-state index contributed by atoms with van der Waals surface area (Å²) < 4.78 is 5.61. The van der Waals surface area contributed by atoms with Gasteiger partial charge in [0.25, 0.3) is 0 Å². The summed E-state index contributed by atoms with van der Waals surface area (Å²) in [6, 6.07) is 7.33. The average molecular weight is 259 g/mol. The zero-order valence-electron chi connectivity index (χ0n) is 12.0. The molecule has 1 aliphatic carbocycles. The van der Waals surface area contributed by atoms with Gasteiger partial charge < -0.3 is 10.1 Å². The van der Waals surface area contributed by atoms with Crippen LogP contribution in [-0.2, 0) is 6.42 Å². The van der Waals surface area contributed by atoms with Crippen molar-refractivity contribution in [3.05, 3.63) is 29.3 Å². The van der Waals surface area contributed by atoms with E-state index in [0.717, 1.165) is 31.2 Å². The zero-order chi connectivity index (χ0) is 13.1. The second-order valence-electron chi connectivity index (χ2n) is 6.00. The molecule has 1 aliphatic heterocycles. The highest BCUT2D eigenvalue weighted by Crippen LogP contribution is 2.36. The van der Waals surface area contributed by atoms with Gasteiger partial charge in [0.1, 0.15) is 5.75 Å². The van der Waals surface area contributed by atoms with Crippen LogP contribution in [0.2, 0.25) is 0 Å². The molecule has 2 heteroatoms. The molecule has 104 valence electrons. The van der Waals surface area contributed by atoms with Gasteiger partial charge in [-0.25, -0.2) is 0 Å². The van der Waals surface area contributed by atoms with Crippen molar-refractivity contribution in [1.82, 2.24) is 5.32 Å². The fraction of sp³-hybridized carbons (Fsp3) is 0.647. The second kappa shape index (κ2) is 5.96. The Kier molecular flexibility index (Phi) is 4.07. The minimum atomic E-state index is 0.538. The van der Waals surface area contributed by atoms with Crippen LogP contribution in [0.4, 0.5) is 0 Å². The molecule has 1 saturated carbocycles. The van der Waals surface area contributed by atoms with Gasteiger partial charge in [-0.15, -0.1) is 0 Å². The van der Waals surface area contributed by atoms with Crippen LogP contribution in [0.3, 0.4) is 0 Å². The molecule has 1 fully saturated rings. The highest BCUT2D eigenvalue weighted by molar-refractivity contribution is 5.40. The predicted molar refractivity (Wildman–Crippen MR) is 78.6 cm³/mol. The van der Waals surface area contributed by atoms with Gasteiger partial charge >= 0.3 is 0 Å². The zero-order valence-corrected chi connectivity index (χ0v) is 12.0. The molecule has 2 aliphatic rings. The maximum Gasteiger partial charge on any atom is 0.122 e. The Hall–Kier alpha value is -1.02. The molecule has 0 bridgehead atoms. The lowest BCUT2D eigenvalue weighted by Gasteiger charge is -2.30. The number of hydrogen-bond donors (Lipinski definition) is 1. The van der Waals surface area contributed by atoms with E-state index < -0.39 is 0 Å². The highest BCUT2D eigenvalue weighted by Gasteiger charge is 2.23. The fourth-order valence-corrected chi connectivity index (χ4v) is 3.14. The quantitative estimate of drug-likeness (QED) is 0.837. The van der Waals surface area contributed by atoms with Crippen LogP contribution in [0.5, 0.6) is 5.75 Å². The van der Waals surface area contributed by atoms with E-state index >= 15 is 0 Å². The molecule has 1 unspecified atom stereocenters. The number of fused-ring (bicyclic) bond motifs is 1. The van der Waals surface area contributed by atoms with Crippen LogP contribution in [0.1, 0.15) is 56.2 Å². The summed E-state index contributed by atoms with van der Waals surface area (Å²) in [6.07, 6.45) is 7.88. The first kappa shape index (κ1) is 13.0. The number of nitrogens with one attached hydrogen (secondary N) is 1. The summed E-state index contributed by atoms with van der Waals surface area (Å²) in [6.45, 7) is 4.21. The van der Waals surface area contributed by atoms with Crippen molar-refractivity contribution >= 4 is 0 Å². The molecule has 0 spiro atoms. The summed E-state index contributed by atoms with van der Waals surface area (Å²) in [4.78, 5) is 0. The predicted octanol–water partition coefficient (Wildman–Crippen LogP) is 3.85. The largest absolute Gasteiger partial charge is 0.493 e. The molecule has 1 aromatic rings. The van der Waals surface area contributed by atoms with Gasteiger partial charge in [0.2, 0.25) is 0 Å². The van der Waals surface area contributed by atoms with E-state index in [2.05, 4.69) is 30.4 Å². The Bertz CT molecular complexity index is 425. The van der Waals surface area contributed by atoms with Gasteiger partial charge in [-0.05, 0) is 42.5 Å². The lowest BCUT2D eigenvalue weighted by atomic mass is 9.79. The molecule has 1 atom stereocenters. The van der Waals surface area contributed by atoms with E-state index in [-0.39, 0.29) is 0 Å². The monoisotopic (exact) mass is 259 g/mol. The van der Waals surface area contributed by atoms with E-state index in [1.807, 2.05) is 0 Å². The van der Waals surface area contributed by atoms with E-state index in [0.29, 0.717) is 6.04 Å². The van der Waals surface area contributed by atoms with Crippen LogP contribution < -0.4 is 10.1 Å². The molecular formula is C17H25NO. The number of ether oxygens (including phenoxy) is 1. The molecule has 3 rings (SSSR count). The Labute approximate surface area is 116 Å². The summed E-state index contributed by atoms with van der Waals surface area (Å²) in [5.41, 5.74) is 2.86. The van der Waals surface area contributed by atoms with Crippen LogP contribution in [-0.4, -0.2) is 13.2 Å². The fourth-order valence-electron chi connectivity index (χ4n) is 3.14. The standard InChI is InChI=1S/C17H25NO/c1-2-9-18-16(11-13-4-3-5-13)14-6-7-17-15(12-14)8-10-19-17/h6-7,12-13,16,18H,2-5,8-11H2,1H3. The number of rotatable bonds is 6. The number of hydrogen-bond acceptors (Lipinski definition) is 2. The maximum atomic E-state index is 5.61. The maximum absolute atomic E-state index is 5.61. The van der Waals surface area contributed by atoms with Crippen molar-refractivity contribution in [3.8, 4) is 5.75 Å². The van der Waals surface area contributed by atoms with Crippen LogP contribution in [0, 0.1) is 5.92 Å². The third kappa shape index (κ3) is 2.94. The SMILES string of the molecule is CCCNC(CC1CCC1)c1ccc2c(c1)CCO2. The molecule has 1 heterocycles. The Morgan fingerprint density at radius 3 is 3.00 bits per heavy atom. The molecule has 1 aromatic carbocycles. The lowest BCUT2D eigenvalue weighted by molar-refractivity contribution is 0.261. The third-order valence-corrected chi connectivity index (χ3v) is 4.55.